The van der Waals surface area contributed by atoms with E-state index in [9.17, 15) is 26.4 Å². The highest BCUT2D eigenvalue weighted by Gasteiger charge is 2.24. The van der Waals surface area contributed by atoms with Crippen molar-refractivity contribution >= 4 is 39.5 Å². The summed E-state index contributed by atoms with van der Waals surface area (Å²) in [6.07, 6.45) is 11.0. The second-order valence-corrected chi connectivity index (χ2v) is 14.3. The molecule has 0 atom stereocenters. The lowest BCUT2D eigenvalue weighted by Crippen LogP contribution is -2.30. The van der Waals surface area contributed by atoms with Crippen molar-refractivity contribution < 1.29 is 45.2 Å². The second-order valence-electron chi connectivity index (χ2n) is 10.8. The van der Waals surface area contributed by atoms with Crippen molar-refractivity contribution in [1.29, 1.82) is 0 Å². The second kappa shape index (κ2) is 14.3. The molecule has 0 spiro atoms. The lowest BCUT2D eigenvalue weighted by Gasteiger charge is -2.24. The minimum atomic E-state index is -3.78. The molecule has 2 aliphatic carbocycles. The zero-order chi connectivity index (χ0) is 31.0. The number of ether oxygens (including phenoxy) is 2. The first-order chi connectivity index (χ1) is 20.4. The van der Waals surface area contributed by atoms with Gasteiger partial charge in [-0.05, 0) is 75.6 Å². The van der Waals surface area contributed by atoms with E-state index in [1.165, 1.54) is 36.4 Å². The van der Waals surface area contributed by atoms with Crippen LogP contribution >= 0.6 is 0 Å². The van der Waals surface area contributed by atoms with Crippen molar-refractivity contribution in [1.82, 2.24) is 9.44 Å². The Morgan fingerprint density at radius 3 is 1.37 bits per heavy atom. The van der Waals surface area contributed by atoms with Crippen molar-refractivity contribution in [2.45, 2.75) is 76.4 Å². The van der Waals surface area contributed by atoms with Gasteiger partial charge in [0.25, 0.3) is 11.8 Å². The van der Waals surface area contributed by atoms with Crippen molar-refractivity contribution in [3.63, 3.8) is 0 Å². The Kier molecular flexibility index (Phi) is 10.8. The Hall–Kier alpha value is -3.46. The van der Waals surface area contributed by atoms with E-state index in [1.807, 2.05) is 9.44 Å². The molecule has 4 rings (SSSR count). The monoisotopic (exact) mass is 635 g/mol. The number of hydrogen-bond donors (Lipinski definition) is 2. The normalized spacial score (nSPS) is 16.5. The molecule has 2 fully saturated rings. The number of amides is 2. The highest BCUT2D eigenvalue weighted by molar-refractivity contribution is 7.89. The summed E-state index contributed by atoms with van der Waals surface area (Å²) >= 11 is 0. The molecule has 0 saturated heterocycles. The zero-order valence-electron chi connectivity index (χ0n) is 24.2. The Labute approximate surface area is 253 Å². The van der Waals surface area contributed by atoms with E-state index in [2.05, 4.69) is 0 Å². The SMILES string of the molecule is CS(=O)(=O)NC(=O)c1ccc(O[B]Oc2ccc(C(=O)NS(C)(=O)=O)c(OC3CCCCC3)c2)cc1OC1CCCCC1. The van der Waals surface area contributed by atoms with E-state index in [1.54, 1.807) is 0 Å². The quantitative estimate of drug-likeness (QED) is 0.330. The van der Waals surface area contributed by atoms with Crippen LogP contribution in [-0.2, 0) is 20.0 Å². The lowest BCUT2D eigenvalue weighted by molar-refractivity contribution is 0.0959. The molecular weight excluding hydrogens is 599 g/mol. The summed E-state index contributed by atoms with van der Waals surface area (Å²) in [4.78, 5) is 25.3. The Morgan fingerprint density at radius 2 is 1.02 bits per heavy atom. The van der Waals surface area contributed by atoms with Gasteiger partial charge in [-0.1, -0.05) is 12.8 Å². The molecule has 2 amide bonds. The van der Waals surface area contributed by atoms with E-state index in [4.69, 9.17) is 18.8 Å². The Bertz CT molecular complexity index is 1410. The average molecular weight is 636 g/mol. The molecule has 233 valence electrons. The van der Waals surface area contributed by atoms with Crippen LogP contribution in [0.1, 0.15) is 84.9 Å². The van der Waals surface area contributed by atoms with Crippen molar-refractivity contribution in [3.8, 4) is 23.0 Å². The van der Waals surface area contributed by atoms with Gasteiger partial charge in [-0.2, -0.15) is 0 Å². The van der Waals surface area contributed by atoms with Crippen LogP contribution in [0.5, 0.6) is 23.0 Å². The Balaban J connectivity index is 1.48. The number of hydrogen-bond acceptors (Lipinski definition) is 10. The summed E-state index contributed by atoms with van der Waals surface area (Å²) in [6, 6.07) is 8.74. The van der Waals surface area contributed by atoms with E-state index >= 15 is 0 Å². The van der Waals surface area contributed by atoms with Gasteiger partial charge < -0.3 is 18.8 Å². The molecule has 2 N–H and O–H groups in total. The smallest absolute Gasteiger partial charge is 0.526 e. The molecule has 2 aliphatic rings. The molecule has 12 nitrogen and oxygen atoms in total. The molecule has 0 aliphatic heterocycles. The molecule has 43 heavy (non-hydrogen) atoms. The molecule has 0 unspecified atom stereocenters. The third-order valence-corrected chi connectivity index (χ3v) is 8.12. The fourth-order valence-corrected chi connectivity index (χ4v) is 5.92. The topological polar surface area (TPSA) is 163 Å². The number of carbonyl (C=O) groups excluding carboxylic acids is 2. The number of carbonyl (C=O) groups is 2. The fraction of sp³-hybridized carbons (Fsp3) is 0.500. The van der Waals surface area contributed by atoms with Gasteiger partial charge in [-0.3, -0.25) is 9.59 Å². The third-order valence-electron chi connectivity index (χ3n) is 7.01. The molecule has 0 bridgehead atoms. The largest absolute Gasteiger partial charge is 0.658 e. The molecule has 2 aromatic rings. The molecule has 0 aromatic heterocycles. The van der Waals surface area contributed by atoms with Crippen molar-refractivity contribution in [2.75, 3.05) is 12.5 Å². The summed E-state index contributed by atoms with van der Waals surface area (Å²) in [7, 11) is -6.52. The average Bonchev–Trinajstić information content (AvgIpc) is 2.92. The summed E-state index contributed by atoms with van der Waals surface area (Å²) in [5.41, 5.74) is 0.105. The van der Waals surface area contributed by atoms with Gasteiger partial charge in [0.2, 0.25) is 20.0 Å². The lowest BCUT2D eigenvalue weighted by atomic mass is 9.97. The van der Waals surface area contributed by atoms with Crippen LogP contribution < -0.4 is 28.2 Å². The Morgan fingerprint density at radius 1 is 0.651 bits per heavy atom. The summed E-state index contributed by atoms with van der Waals surface area (Å²) in [5, 5.41) is 0. The van der Waals surface area contributed by atoms with Gasteiger partial charge in [0.15, 0.2) is 0 Å². The van der Waals surface area contributed by atoms with E-state index in [0.29, 0.717) is 0 Å². The number of rotatable bonds is 12. The summed E-state index contributed by atoms with van der Waals surface area (Å²) < 4.78 is 73.9. The van der Waals surface area contributed by atoms with Crippen LogP contribution in [0.4, 0.5) is 0 Å². The van der Waals surface area contributed by atoms with Crippen LogP contribution in [0, 0.1) is 0 Å². The van der Waals surface area contributed by atoms with Crippen LogP contribution in [0.25, 0.3) is 0 Å². The fourth-order valence-electron chi connectivity index (χ4n) is 5.03. The minimum absolute atomic E-state index is 0.0525. The van der Waals surface area contributed by atoms with Gasteiger partial charge in [0.1, 0.15) is 23.0 Å². The van der Waals surface area contributed by atoms with E-state index in [-0.39, 0.29) is 46.3 Å². The van der Waals surface area contributed by atoms with E-state index in [0.717, 1.165) is 84.4 Å². The first kappa shape index (κ1) is 32.5. The van der Waals surface area contributed by atoms with Crippen molar-refractivity contribution in [3.05, 3.63) is 47.5 Å². The number of nitrogens with one attached hydrogen (secondary N) is 2. The van der Waals surface area contributed by atoms with Gasteiger partial charge in [0, 0.05) is 12.1 Å². The minimum Gasteiger partial charge on any atom is -0.526 e. The summed E-state index contributed by atoms with van der Waals surface area (Å²) in [6.45, 7) is 0. The molecule has 1 radical (unpaired) electrons. The van der Waals surface area contributed by atoms with Crippen molar-refractivity contribution in [2.24, 2.45) is 0 Å². The van der Waals surface area contributed by atoms with Crippen LogP contribution in [0.2, 0.25) is 0 Å². The molecule has 2 aromatic carbocycles. The zero-order valence-corrected chi connectivity index (χ0v) is 25.8. The van der Waals surface area contributed by atoms with Crippen LogP contribution in [0.3, 0.4) is 0 Å². The maximum atomic E-state index is 12.6. The third kappa shape index (κ3) is 10.3. The maximum absolute atomic E-state index is 12.6. The highest BCUT2D eigenvalue weighted by atomic mass is 32.2. The molecule has 0 heterocycles. The molecule has 15 heteroatoms. The van der Waals surface area contributed by atoms with Crippen LogP contribution in [-0.4, -0.2) is 61.1 Å². The standard InChI is InChI=1S/C28H36BN2O10S2/c1-42(34,35)30-27(32)23-15-13-21(17-25(23)38-19-9-5-3-6-10-19)40-29-41-22-14-16-24(28(33)31-43(2,36)37)26(18-22)39-20-11-7-4-8-12-20/h13-20H,3-12H2,1-2H3,(H,30,32)(H,31,33). The highest BCUT2D eigenvalue weighted by Crippen LogP contribution is 2.32. The van der Waals surface area contributed by atoms with Crippen LogP contribution in [0.15, 0.2) is 36.4 Å². The number of benzene rings is 2. The van der Waals surface area contributed by atoms with Gasteiger partial charge in [0.05, 0.1) is 35.8 Å². The first-order valence-electron chi connectivity index (χ1n) is 14.2. The van der Waals surface area contributed by atoms with Gasteiger partial charge in [-0.25, -0.2) is 26.3 Å². The maximum Gasteiger partial charge on any atom is 0.658 e. The molecule has 2 saturated carbocycles. The first-order valence-corrected chi connectivity index (χ1v) is 18.0. The predicted octanol–water partition coefficient (Wildman–Crippen LogP) is 3.48. The summed E-state index contributed by atoms with van der Waals surface area (Å²) in [5.74, 6) is -0.725. The van der Waals surface area contributed by atoms with Gasteiger partial charge >= 0.3 is 7.69 Å². The van der Waals surface area contributed by atoms with Gasteiger partial charge in [-0.15, -0.1) is 0 Å². The predicted molar refractivity (Wildman–Crippen MR) is 160 cm³/mol. The number of sulfonamides is 2. The van der Waals surface area contributed by atoms with E-state index < -0.39 is 31.9 Å². The molecular formula is C28H36BN2O10S2.